The number of aryl methyl sites for hydroxylation is 1. The number of ether oxygens (including phenoxy) is 2. The molecule has 2 heterocycles. The molecule has 3 atom stereocenters. The Morgan fingerprint density at radius 2 is 1.49 bits per heavy atom. The van der Waals surface area contributed by atoms with Gasteiger partial charge in [-0.15, -0.1) is 11.3 Å². The summed E-state index contributed by atoms with van der Waals surface area (Å²) in [7, 11) is 0. The lowest BCUT2D eigenvalue weighted by Crippen LogP contribution is -2.74. The minimum atomic E-state index is -1.07. The lowest BCUT2D eigenvalue weighted by molar-refractivity contribution is -0.164. The number of benzene rings is 4. The molecular weight excluding hydrogens is 930 g/mol. The topological polar surface area (TPSA) is 212 Å². The fourth-order valence-corrected chi connectivity index (χ4v) is 10.6. The summed E-state index contributed by atoms with van der Waals surface area (Å²) in [5, 5.41) is 31.6. The molecule has 5 amide bonds. The molecule has 366 valence electrons. The molecule has 0 spiro atoms. The van der Waals surface area contributed by atoms with E-state index in [-0.39, 0.29) is 43.1 Å². The molecule has 7 rings (SSSR count). The van der Waals surface area contributed by atoms with Gasteiger partial charge in [0.1, 0.15) is 41.5 Å². The molecule has 70 heavy (non-hydrogen) atoms. The molecule has 1 saturated carbocycles. The van der Waals surface area contributed by atoms with Gasteiger partial charge in [-0.05, 0) is 84.1 Å². The molecule has 17 heteroatoms. The van der Waals surface area contributed by atoms with E-state index in [0.717, 1.165) is 21.7 Å². The highest BCUT2D eigenvalue weighted by Gasteiger charge is 2.64. The maximum atomic E-state index is 14.1. The third kappa shape index (κ3) is 11.3. The highest BCUT2D eigenvalue weighted by Crippen LogP contribution is 2.55. The molecule has 2 aliphatic rings. The molecule has 1 unspecified atom stereocenters. The number of thiazole rings is 1. The number of aromatic nitrogens is 1. The second kappa shape index (κ2) is 20.7. The van der Waals surface area contributed by atoms with E-state index in [2.05, 4.69) is 26.3 Å². The van der Waals surface area contributed by atoms with Gasteiger partial charge in [-0.25, -0.2) is 4.98 Å². The maximum Gasteiger partial charge on any atom is 0.251 e. The maximum absolute atomic E-state index is 14.1. The Kier molecular flexibility index (Phi) is 15.1. The first-order valence-electron chi connectivity index (χ1n) is 22.9. The molecule has 5 N–H and O–H groups in total. The Morgan fingerprint density at radius 1 is 0.886 bits per heavy atom. The zero-order valence-electron chi connectivity index (χ0n) is 40.4. The van der Waals surface area contributed by atoms with Crippen LogP contribution in [0.5, 0.6) is 17.2 Å². The van der Waals surface area contributed by atoms with Gasteiger partial charge < -0.3 is 40.7 Å². The van der Waals surface area contributed by atoms with Gasteiger partial charge in [0, 0.05) is 53.6 Å². The van der Waals surface area contributed by atoms with E-state index in [9.17, 15) is 34.3 Å². The van der Waals surface area contributed by atoms with Crippen molar-refractivity contribution in [1.29, 1.82) is 5.26 Å². The van der Waals surface area contributed by atoms with Crippen LogP contribution in [0.2, 0.25) is 5.02 Å². The molecule has 1 aliphatic carbocycles. The number of likely N-dealkylation sites (tertiary alicyclic amines) is 1. The van der Waals surface area contributed by atoms with Gasteiger partial charge in [0.05, 0.1) is 39.3 Å². The minimum absolute atomic E-state index is 0.0497. The lowest BCUT2D eigenvalue weighted by atomic mass is 9.49. The van der Waals surface area contributed by atoms with E-state index < -0.39 is 64.6 Å². The Hall–Kier alpha value is -6.80. The van der Waals surface area contributed by atoms with Crippen LogP contribution in [0.3, 0.4) is 0 Å². The van der Waals surface area contributed by atoms with Crippen molar-refractivity contribution >= 4 is 52.5 Å². The number of nitrogens with one attached hydrogen (secondary N) is 4. The number of aliphatic hydroxyl groups is 1. The van der Waals surface area contributed by atoms with Crippen LogP contribution >= 0.6 is 22.9 Å². The van der Waals surface area contributed by atoms with Crippen molar-refractivity contribution in [2.24, 2.45) is 16.2 Å². The fraction of sp³-hybridized carbons (Fsp3) is 0.377. The number of β-amino-alcohol motifs (C(OH)–C–C–N with tert-alkyl or cyclic N) is 1. The number of aliphatic hydroxyl groups excluding tert-OH is 1. The number of rotatable bonds is 15. The Balaban J connectivity index is 0.877. The number of amides is 5. The number of nitriles is 1. The van der Waals surface area contributed by atoms with Gasteiger partial charge in [-0.2, -0.15) is 5.26 Å². The molecule has 4 aromatic carbocycles. The molecule has 0 radical (unpaired) electrons. The van der Waals surface area contributed by atoms with Crippen molar-refractivity contribution < 1.29 is 38.6 Å². The van der Waals surface area contributed by atoms with E-state index in [1.165, 1.54) is 4.90 Å². The molecule has 1 saturated heterocycles. The summed E-state index contributed by atoms with van der Waals surface area (Å²) in [6, 6.07) is 25.5. The van der Waals surface area contributed by atoms with Crippen LogP contribution < -0.4 is 30.7 Å². The van der Waals surface area contributed by atoms with Crippen LogP contribution in [0.15, 0.2) is 96.5 Å². The van der Waals surface area contributed by atoms with Crippen LogP contribution in [0.25, 0.3) is 10.4 Å². The van der Waals surface area contributed by atoms with Crippen molar-refractivity contribution in [3.8, 4) is 33.8 Å². The Labute approximate surface area is 416 Å². The van der Waals surface area contributed by atoms with E-state index in [1.807, 2.05) is 65.0 Å². The van der Waals surface area contributed by atoms with Gasteiger partial charge in [-0.3, -0.25) is 24.0 Å². The predicted molar refractivity (Wildman–Crippen MR) is 266 cm³/mol. The van der Waals surface area contributed by atoms with Gasteiger partial charge in [0.15, 0.2) is 0 Å². The minimum Gasteiger partial charge on any atom is -0.489 e. The first kappa shape index (κ1) is 51.1. The van der Waals surface area contributed by atoms with Crippen molar-refractivity contribution in [2.45, 2.75) is 98.7 Å². The van der Waals surface area contributed by atoms with E-state index in [0.29, 0.717) is 33.4 Å². The highest BCUT2D eigenvalue weighted by atomic mass is 35.5. The van der Waals surface area contributed by atoms with Crippen LogP contribution in [-0.2, 0) is 20.9 Å². The second-order valence-corrected chi connectivity index (χ2v) is 21.3. The quantitative estimate of drug-likeness (QED) is 0.0694. The predicted octanol–water partition coefficient (Wildman–Crippen LogP) is 7.59. The van der Waals surface area contributed by atoms with Crippen molar-refractivity contribution in [1.82, 2.24) is 31.2 Å². The summed E-state index contributed by atoms with van der Waals surface area (Å²) in [5.41, 5.74) is 4.05. The molecule has 0 bridgehead atoms. The average molecular weight is 989 g/mol. The first-order chi connectivity index (χ1) is 33.1. The number of carbonyl (C=O) groups is 5. The van der Waals surface area contributed by atoms with Gasteiger partial charge in [0.25, 0.3) is 11.8 Å². The molecule has 15 nitrogen and oxygen atoms in total. The average Bonchev–Trinajstić information content (AvgIpc) is 3.94. The van der Waals surface area contributed by atoms with Crippen LogP contribution in [0, 0.1) is 34.5 Å². The molecular formula is C53H58ClN7O8S. The van der Waals surface area contributed by atoms with E-state index in [4.69, 9.17) is 21.1 Å². The second-order valence-electron chi connectivity index (χ2n) is 20.1. The largest absolute Gasteiger partial charge is 0.489 e. The Morgan fingerprint density at radius 3 is 2.04 bits per heavy atom. The van der Waals surface area contributed by atoms with E-state index >= 15 is 0 Å². The number of nitrogens with zero attached hydrogens (tertiary/aromatic N) is 3. The van der Waals surface area contributed by atoms with Crippen molar-refractivity contribution in [2.75, 3.05) is 13.1 Å². The number of halogens is 1. The zero-order chi connectivity index (χ0) is 50.7. The molecule has 1 aromatic heterocycles. The summed E-state index contributed by atoms with van der Waals surface area (Å²) in [5.74, 6) is -0.879. The van der Waals surface area contributed by atoms with Crippen LogP contribution in [0.4, 0.5) is 0 Å². The monoisotopic (exact) mass is 987 g/mol. The first-order valence-corrected chi connectivity index (χ1v) is 24.2. The van der Waals surface area contributed by atoms with Gasteiger partial charge in [0.2, 0.25) is 17.7 Å². The fourth-order valence-electron chi connectivity index (χ4n) is 9.55. The van der Waals surface area contributed by atoms with Crippen LogP contribution in [0.1, 0.15) is 92.4 Å². The van der Waals surface area contributed by atoms with Crippen molar-refractivity contribution in [3.05, 3.63) is 129 Å². The van der Waals surface area contributed by atoms with E-state index in [1.54, 1.807) is 104 Å². The molecule has 1 aliphatic heterocycles. The number of carbonyl (C=O) groups excluding carboxylic acids is 5. The van der Waals surface area contributed by atoms with Gasteiger partial charge in [-0.1, -0.05) is 84.3 Å². The third-order valence-electron chi connectivity index (χ3n) is 13.0. The smallest absolute Gasteiger partial charge is 0.251 e. The summed E-state index contributed by atoms with van der Waals surface area (Å²) < 4.78 is 12.3. The Bertz CT molecular complexity index is 2780. The summed E-state index contributed by atoms with van der Waals surface area (Å²) >= 11 is 7.79. The lowest BCUT2D eigenvalue weighted by Gasteiger charge is -2.63. The highest BCUT2D eigenvalue weighted by molar-refractivity contribution is 7.13. The molecule has 2 fully saturated rings. The summed E-state index contributed by atoms with van der Waals surface area (Å²) in [4.78, 5) is 74.1. The summed E-state index contributed by atoms with van der Waals surface area (Å²) in [6.45, 7) is 15.2. The summed E-state index contributed by atoms with van der Waals surface area (Å²) in [6.07, 6.45) is -1.12. The van der Waals surface area contributed by atoms with Crippen LogP contribution in [-0.4, -0.2) is 87.9 Å². The standard InChI is InChI=1S/C53H58ClN7O8S/c1-30-43(70-29-58-30)32-11-9-31(10-12-32)26-56-47(66)41-23-36(62)28-61(41)48(67)44(51(2,3)4)59-42(63)27-57-45(64)33-13-18-37(19-14-33)68-38-20-15-34(16-21-38)46(65)60-49-52(5,6)50(53(49,7)8)69-39-22-17-35(25-55)40(54)24-39/h9-22,24,29,36,41,44,49-50,62H,23,26-28H2,1-8H3,(H,56,66)(H,57,64)(H,59,63)(H,60,65)/t36-,41+,44?,49?,50?/m1/s1. The number of hydrogen-bond donors (Lipinski definition) is 5. The molecule has 5 aromatic rings. The van der Waals surface area contributed by atoms with Crippen molar-refractivity contribution in [3.63, 3.8) is 0 Å². The zero-order valence-corrected chi connectivity index (χ0v) is 42.0. The van der Waals surface area contributed by atoms with Gasteiger partial charge >= 0.3 is 0 Å². The normalized spacial score (nSPS) is 19.4. The third-order valence-corrected chi connectivity index (χ3v) is 14.3. The number of hydrogen-bond acceptors (Lipinski definition) is 11. The SMILES string of the molecule is Cc1ncsc1-c1ccc(CNC(=O)[C@@H]2C[C@@H](O)CN2C(=O)C(NC(=O)CNC(=O)c2ccc(Oc3ccc(C(=O)NC4C(C)(C)C(Oc5ccc(C#N)c(Cl)c5)C4(C)C)cc3)cc2)C(C)(C)C)cc1.